The summed E-state index contributed by atoms with van der Waals surface area (Å²) in [6.07, 6.45) is 5.79. The fourth-order valence-electron chi connectivity index (χ4n) is 1.65. The molecule has 21 heavy (non-hydrogen) atoms. The van der Waals surface area contributed by atoms with Crippen LogP contribution in [0.25, 0.3) is 11.0 Å². The van der Waals surface area contributed by atoms with Gasteiger partial charge >= 0.3 is 0 Å². The Bertz CT molecular complexity index is 624. The van der Waals surface area contributed by atoms with Crippen LogP contribution < -0.4 is 5.32 Å². The fraction of sp³-hybridized carbons (Fsp3) is 0.385. The molecule has 114 valence electrons. The smallest absolute Gasteiger partial charge is 0.244 e. The molecule has 0 saturated carbocycles. The highest BCUT2D eigenvalue weighted by Crippen LogP contribution is 2.22. The van der Waals surface area contributed by atoms with Crippen molar-refractivity contribution in [2.24, 2.45) is 0 Å². The summed E-state index contributed by atoms with van der Waals surface area (Å²) in [7, 11) is 0. The number of imidazole rings is 1. The van der Waals surface area contributed by atoms with Crippen molar-refractivity contribution in [3.8, 4) is 0 Å². The maximum Gasteiger partial charge on any atom is 0.244 e. The lowest BCUT2D eigenvalue weighted by molar-refractivity contribution is -0.116. The van der Waals surface area contributed by atoms with E-state index in [4.69, 9.17) is 16.7 Å². The van der Waals surface area contributed by atoms with Gasteiger partial charge in [-0.25, -0.2) is 4.98 Å². The average molecular weight is 346 g/mol. The van der Waals surface area contributed by atoms with Gasteiger partial charge in [0.1, 0.15) is 0 Å². The summed E-state index contributed by atoms with van der Waals surface area (Å²) in [6.45, 7) is 0.818. The summed E-state index contributed by atoms with van der Waals surface area (Å²) >= 11 is 9.24. The van der Waals surface area contributed by atoms with Crippen LogP contribution >= 0.6 is 34.7 Å². The maximum absolute atomic E-state index is 11.7. The summed E-state index contributed by atoms with van der Waals surface area (Å²) < 4.78 is 1.85. The van der Waals surface area contributed by atoms with Crippen LogP contribution in [0.1, 0.15) is 12.1 Å². The van der Waals surface area contributed by atoms with Crippen LogP contribution in [-0.2, 0) is 4.79 Å². The molecule has 0 bridgehead atoms. The minimum Gasteiger partial charge on any atom is -0.396 e. The van der Waals surface area contributed by atoms with Gasteiger partial charge in [0.2, 0.25) is 5.91 Å². The molecule has 0 aliphatic carbocycles. The minimum absolute atomic E-state index is 0.154. The van der Waals surface area contributed by atoms with Gasteiger partial charge in [0, 0.05) is 36.6 Å². The lowest BCUT2D eigenvalue weighted by atomic mass is 10.4. The highest BCUT2D eigenvalue weighted by atomic mass is 35.5. The maximum atomic E-state index is 11.7. The number of halogens is 1. The van der Waals surface area contributed by atoms with Crippen molar-refractivity contribution in [1.29, 1.82) is 0 Å². The summed E-state index contributed by atoms with van der Waals surface area (Å²) in [4.78, 5) is 16.7. The molecule has 0 aromatic carbocycles. The Kier molecular flexibility index (Phi) is 6.56. The first-order chi connectivity index (χ1) is 10.2. The van der Waals surface area contributed by atoms with E-state index < -0.39 is 0 Å². The number of carbonyl (C=O) groups is 1. The van der Waals surface area contributed by atoms with Gasteiger partial charge < -0.3 is 10.4 Å². The van der Waals surface area contributed by atoms with Crippen LogP contribution in [-0.4, -0.2) is 45.1 Å². The van der Waals surface area contributed by atoms with Crippen molar-refractivity contribution >= 4 is 51.6 Å². The molecule has 2 rings (SSSR count). The third-order valence-corrected chi connectivity index (χ3v) is 4.74. The summed E-state index contributed by atoms with van der Waals surface area (Å²) in [5.74, 6) is 1.59. The SMILES string of the molecule is O=C(/C=C/c1c(Cl)nc2sccn12)NCCSCCCO. The largest absolute Gasteiger partial charge is 0.396 e. The Morgan fingerprint density at radius 3 is 3.24 bits per heavy atom. The molecule has 0 spiro atoms. The summed E-state index contributed by atoms with van der Waals surface area (Å²) in [5, 5.41) is 13.8. The Morgan fingerprint density at radius 2 is 2.43 bits per heavy atom. The number of carbonyl (C=O) groups excluding carboxylic acids is 1. The number of hydrogen-bond acceptors (Lipinski definition) is 5. The van der Waals surface area contributed by atoms with Crippen molar-refractivity contribution in [3.05, 3.63) is 28.5 Å². The van der Waals surface area contributed by atoms with Crippen LogP contribution in [0.5, 0.6) is 0 Å². The molecule has 2 aromatic rings. The number of thiazole rings is 1. The molecule has 8 heteroatoms. The number of thioether (sulfide) groups is 1. The van der Waals surface area contributed by atoms with E-state index in [0.717, 1.165) is 22.9 Å². The van der Waals surface area contributed by atoms with Crippen molar-refractivity contribution in [3.63, 3.8) is 0 Å². The van der Waals surface area contributed by atoms with Crippen molar-refractivity contribution in [1.82, 2.24) is 14.7 Å². The third-order valence-electron chi connectivity index (χ3n) is 2.64. The number of nitrogens with one attached hydrogen (secondary N) is 1. The second-order valence-corrected chi connectivity index (χ2v) is 6.61. The van der Waals surface area contributed by atoms with Gasteiger partial charge in [-0.1, -0.05) is 11.6 Å². The number of aliphatic hydroxyl groups excluding tert-OH is 1. The van der Waals surface area contributed by atoms with Crippen LogP contribution in [0.2, 0.25) is 5.15 Å². The lowest BCUT2D eigenvalue weighted by Crippen LogP contribution is -2.23. The number of rotatable bonds is 8. The van der Waals surface area contributed by atoms with Crippen LogP contribution in [0, 0.1) is 0 Å². The Labute approximate surface area is 136 Å². The van der Waals surface area contributed by atoms with E-state index in [9.17, 15) is 4.79 Å². The fourth-order valence-corrected chi connectivity index (χ4v) is 3.44. The molecule has 0 atom stereocenters. The number of hydrogen-bond donors (Lipinski definition) is 2. The van der Waals surface area contributed by atoms with Crippen LogP contribution in [0.3, 0.4) is 0 Å². The first kappa shape index (κ1) is 16.4. The number of aromatic nitrogens is 2. The van der Waals surface area contributed by atoms with E-state index in [1.807, 2.05) is 16.0 Å². The van der Waals surface area contributed by atoms with E-state index in [1.165, 1.54) is 17.4 Å². The molecule has 1 amide bonds. The molecule has 2 N–H and O–H groups in total. The monoisotopic (exact) mass is 345 g/mol. The summed E-state index contributed by atoms with van der Waals surface area (Å²) in [5.41, 5.74) is 0.709. The number of aliphatic hydroxyl groups is 1. The Balaban J connectivity index is 1.79. The van der Waals surface area contributed by atoms with E-state index in [-0.39, 0.29) is 12.5 Å². The second-order valence-electron chi connectivity index (χ2n) is 4.16. The highest BCUT2D eigenvalue weighted by molar-refractivity contribution is 7.99. The van der Waals surface area contributed by atoms with E-state index in [0.29, 0.717) is 17.4 Å². The van der Waals surface area contributed by atoms with Crippen LogP contribution in [0.4, 0.5) is 0 Å². The van der Waals surface area contributed by atoms with E-state index >= 15 is 0 Å². The van der Waals surface area contributed by atoms with Crippen molar-refractivity contribution < 1.29 is 9.90 Å². The molecule has 0 saturated heterocycles. The molecule has 0 aliphatic rings. The van der Waals surface area contributed by atoms with E-state index in [1.54, 1.807) is 17.8 Å². The number of amides is 1. The topological polar surface area (TPSA) is 66.6 Å². The van der Waals surface area contributed by atoms with Gasteiger partial charge in [0.05, 0.1) is 5.69 Å². The molecular weight excluding hydrogens is 330 g/mol. The predicted molar refractivity (Wildman–Crippen MR) is 89.2 cm³/mol. The molecular formula is C13H16ClN3O2S2. The van der Waals surface area contributed by atoms with Gasteiger partial charge in [0.25, 0.3) is 0 Å². The summed E-state index contributed by atoms with van der Waals surface area (Å²) in [6, 6.07) is 0. The van der Waals surface area contributed by atoms with Crippen molar-refractivity contribution in [2.45, 2.75) is 6.42 Å². The zero-order valence-corrected chi connectivity index (χ0v) is 13.7. The van der Waals surface area contributed by atoms with Gasteiger partial charge in [-0.3, -0.25) is 9.20 Å². The molecule has 0 aliphatic heterocycles. The molecule has 0 fully saturated rings. The zero-order chi connectivity index (χ0) is 15.1. The standard InChI is InChI=1S/C13H16ClN3O2S2/c14-12-10(17-5-9-21-13(17)16-12)2-3-11(19)15-4-8-20-7-1-6-18/h2-3,5,9,18H,1,4,6-8H2,(H,15,19)/b3-2+. The third kappa shape index (κ3) is 4.74. The first-order valence-electron chi connectivity index (χ1n) is 6.48. The molecule has 5 nitrogen and oxygen atoms in total. The van der Waals surface area contributed by atoms with E-state index in [2.05, 4.69) is 10.3 Å². The Morgan fingerprint density at radius 1 is 1.57 bits per heavy atom. The molecule has 2 aromatic heterocycles. The van der Waals surface area contributed by atoms with Crippen molar-refractivity contribution in [2.75, 3.05) is 24.7 Å². The van der Waals surface area contributed by atoms with Gasteiger partial charge in [-0.2, -0.15) is 11.8 Å². The number of nitrogens with zero attached hydrogens (tertiary/aromatic N) is 2. The highest BCUT2D eigenvalue weighted by Gasteiger charge is 2.08. The number of fused-ring (bicyclic) bond motifs is 1. The lowest BCUT2D eigenvalue weighted by Gasteiger charge is -2.01. The molecule has 0 radical (unpaired) electrons. The minimum atomic E-state index is -0.154. The second kappa shape index (κ2) is 8.43. The molecule has 0 unspecified atom stereocenters. The van der Waals surface area contributed by atoms with Gasteiger partial charge in [-0.05, 0) is 18.2 Å². The van der Waals surface area contributed by atoms with Gasteiger partial charge in [-0.15, -0.1) is 11.3 Å². The zero-order valence-electron chi connectivity index (χ0n) is 11.3. The Hall–Kier alpha value is -1.02. The normalized spacial score (nSPS) is 11.5. The average Bonchev–Trinajstić information content (AvgIpc) is 3.01. The quantitative estimate of drug-likeness (QED) is 0.569. The van der Waals surface area contributed by atoms with Gasteiger partial charge in [0.15, 0.2) is 10.1 Å². The van der Waals surface area contributed by atoms with Crippen LogP contribution in [0.15, 0.2) is 17.7 Å². The first-order valence-corrected chi connectivity index (χ1v) is 8.89. The molecule has 2 heterocycles. The predicted octanol–water partition coefficient (Wildman–Crippen LogP) is 2.29.